The van der Waals surface area contributed by atoms with Crippen molar-refractivity contribution >= 4 is 71.4 Å². The van der Waals surface area contributed by atoms with Crippen LogP contribution in [0.3, 0.4) is 0 Å². The first-order valence-electron chi connectivity index (χ1n) is 22.7. The monoisotopic (exact) mass is 831 g/mol. The van der Waals surface area contributed by atoms with Gasteiger partial charge in [0.25, 0.3) is 0 Å². The van der Waals surface area contributed by atoms with Gasteiger partial charge in [-0.2, -0.15) is 0 Å². The van der Waals surface area contributed by atoms with E-state index < -0.39 is 0 Å². The fourth-order valence-electron chi connectivity index (χ4n) is 6.57. The molecule has 1 aromatic carbocycles. The number of hydrogen-bond acceptors (Lipinski definition) is 6. The van der Waals surface area contributed by atoms with Crippen LogP contribution in [0.2, 0.25) is 0 Å². The third kappa shape index (κ3) is 26.3. The molecule has 1 aromatic rings. The zero-order chi connectivity index (χ0) is 37.7. The van der Waals surface area contributed by atoms with Crippen molar-refractivity contribution in [2.75, 3.05) is 28.8 Å². The minimum absolute atomic E-state index is 1.23. The van der Waals surface area contributed by atoms with E-state index >= 15 is 0 Å². The molecule has 0 amide bonds. The van der Waals surface area contributed by atoms with Gasteiger partial charge in [0.05, 0.1) is 0 Å². The van der Waals surface area contributed by atoms with Crippen molar-refractivity contribution in [3.8, 4) is 0 Å². The van der Waals surface area contributed by atoms with E-state index in [0.717, 1.165) is 0 Å². The van der Waals surface area contributed by atoms with Crippen molar-refractivity contribution in [2.24, 2.45) is 0 Å². The Morgan fingerprint density at radius 1 is 0.250 bits per heavy atom. The van der Waals surface area contributed by atoms with Gasteiger partial charge in [-0.3, -0.25) is 0 Å². The van der Waals surface area contributed by atoms with Gasteiger partial charge in [-0.15, -0.1) is 71.4 Å². The second-order valence-electron chi connectivity index (χ2n) is 15.1. The molecule has 0 bridgehead atoms. The molecule has 0 saturated carbocycles. The highest BCUT2D eigenvalue weighted by molar-refractivity contribution is 8.05. The Labute approximate surface area is 354 Å². The van der Waals surface area contributed by atoms with Crippen LogP contribution in [0.4, 0.5) is 0 Å². The van der Waals surface area contributed by atoms with Gasteiger partial charge in [0, 0.05) is 29.4 Å². The van der Waals surface area contributed by atoms with Crippen molar-refractivity contribution in [1.82, 2.24) is 0 Å². The van der Waals surface area contributed by atoms with Crippen LogP contribution >= 0.6 is 71.4 Å². The average Bonchev–Trinajstić information content (AvgIpc) is 3.15. The summed E-state index contributed by atoms with van der Waals surface area (Å²) in [5.41, 5.74) is 0. The minimum Gasteiger partial charge on any atom is -0.141 e. The van der Waals surface area contributed by atoms with Crippen molar-refractivity contribution in [3.63, 3.8) is 0 Å². The van der Waals surface area contributed by atoms with Crippen LogP contribution in [-0.4, -0.2) is 28.8 Å². The SMILES string of the molecule is CCCCCCCCSc1c(S)c(SCCCCCCCC)c(SCCCCCCCC)c(SCCCCCCCC)c1SCCCCCCCC. The van der Waals surface area contributed by atoms with E-state index in [1.54, 1.807) is 14.7 Å². The van der Waals surface area contributed by atoms with E-state index in [1.165, 1.54) is 236 Å². The Morgan fingerprint density at radius 3 is 0.654 bits per heavy atom. The molecular weight excluding hydrogens is 745 g/mol. The number of rotatable bonds is 40. The van der Waals surface area contributed by atoms with Gasteiger partial charge in [-0.25, -0.2) is 0 Å². The lowest BCUT2D eigenvalue weighted by atomic mass is 10.1. The topological polar surface area (TPSA) is 0 Å². The van der Waals surface area contributed by atoms with Crippen LogP contribution < -0.4 is 0 Å². The molecule has 0 aliphatic rings. The van der Waals surface area contributed by atoms with Crippen LogP contribution in [0.15, 0.2) is 29.4 Å². The third-order valence-electron chi connectivity index (χ3n) is 9.98. The van der Waals surface area contributed by atoms with Crippen molar-refractivity contribution in [3.05, 3.63) is 0 Å². The molecule has 0 heterocycles. The number of unbranched alkanes of at least 4 members (excludes halogenated alkanes) is 25. The fraction of sp³-hybridized carbons (Fsp3) is 0.870. The molecule has 0 radical (unpaired) electrons. The fourth-order valence-corrected chi connectivity index (χ4v) is 14.1. The minimum atomic E-state index is 1.23. The van der Waals surface area contributed by atoms with Gasteiger partial charge in [0.15, 0.2) is 0 Å². The number of thioether (sulfide) groups is 5. The first kappa shape index (κ1) is 51.3. The highest BCUT2D eigenvalue weighted by Gasteiger charge is 2.24. The molecule has 0 aromatic heterocycles. The maximum atomic E-state index is 5.52. The molecule has 1 rings (SSSR count). The Hall–Kier alpha value is 1.32. The summed E-state index contributed by atoms with van der Waals surface area (Å²) >= 11 is 16.5. The van der Waals surface area contributed by atoms with Crippen LogP contribution in [0.1, 0.15) is 227 Å². The highest BCUT2D eigenvalue weighted by atomic mass is 32.2. The molecule has 0 unspecified atom stereocenters. The molecule has 0 atom stereocenters. The molecule has 0 saturated heterocycles. The second-order valence-corrected chi connectivity index (χ2v) is 21.0. The van der Waals surface area contributed by atoms with Gasteiger partial charge >= 0.3 is 0 Å². The first-order valence-corrected chi connectivity index (χ1v) is 28.1. The summed E-state index contributed by atoms with van der Waals surface area (Å²) in [5, 5.41) is 0. The summed E-state index contributed by atoms with van der Waals surface area (Å²) in [4.78, 5) is 9.26. The molecule has 0 fully saturated rings. The second kappa shape index (κ2) is 39.2. The highest BCUT2D eigenvalue weighted by Crippen LogP contribution is 2.53. The molecule has 0 aliphatic carbocycles. The summed E-state index contributed by atoms with van der Waals surface area (Å²) in [7, 11) is 0. The Balaban J connectivity index is 3.40. The van der Waals surface area contributed by atoms with Crippen LogP contribution in [-0.2, 0) is 0 Å². The number of benzene rings is 1. The molecule has 0 nitrogen and oxygen atoms in total. The number of thiol groups is 1. The van der Waals surface area contributed by atoms with Gasteiger partial charge in [0.1, 0.15) is 0 Å². The lowest BCUT2D eigenvalue weighted by Crippen LogP contribution is -1.99. The molecular formula is C46H86S6. The normalized spacial score (nSPS) is 11.7. The van der Waals surface area contributed by atoms with E-state index in [0.29, 0.717) is 0 Å². The molecule has 6 heteroatoms. The summed E-state index contributed by atoms with van der Waals surface area (Å²) in [5.74, 6) is 6.23. The van der Waals surface area contributed by atoms with E-state index in [4.69, 9.17) is 12.6 Å². The summed E-state index contributed by atoms with van der Waals surface area (Å²) in [6.45, 7) is 11.6. The number of hydrogen-bond donors (Lipinski definition) is 1. The quantitative estimate of drug-likeness (QED) is 0.0396. The van der Waals surface area contributed by atoms with E-state index in [1.807, 2.05) is 0 Å². The lowest BCUT2D eigenvalue weighted by molar-refractivity contribution is 0.626. The lowest BCUT2D eigenvalue weighted by Gasteiger charge is -2.24. The van der Waals surface area contributed by atoms with Crippen LogP contribution in [0.5, 0.6) is 0 Å². The molecule has 52 heavy (non-hydrogen) atoms. The predicted octanol–water partition coefficient (Wildman–Crippen LogP) is 19.2. The Bertz CT molecular complexity index is 858. The maximum Gasteiger partial charge on any atom is 0.0368 e. The molecule has 0 spiro atoms. The maximum absolute atomic E-state index is 5.52. The van der Waals surface area contributed by atoms with Gasteiger partial charge in [-0.1, -0.05) is 195 Å². The first-order chi connectivity index (χ1) is 25.7. The standard InChI is InChI=1S/C46H86S6/c1-6-11-16-21-26-31-36-48-42-41(47)43(49-37-32-27-22-17-12-7-2)45(51-39-34-29-24-19-14-9-4)46(52-40-35-30-25-20-15-10-5)44(42)50-38-33-28-23-18-13-8-3/h47H,6-40H2,1-5H3. The van der Waals surface area contributed by atoms with Crippen molar-refractivity contribution < 1.29 is 0 Å². The smallest absolute Gasteiger partial charge is 0.0368 e. The third-order valence-corrected chi connectivity index (χ3v) is 17.2. The van der Waals surface area contributed by atoms with Gasteiger partial charge < -0.3 is 0 Å². The van der Waals surface area contributed by atoms with E-state index in [9.17, 15) is 0 Å². The average molecular weight is 832 g/mol. The summed E-state index contributed by atoms with van der Waals surface area (Å²) in [6.07, 6.45) is 41.3. The summed E-state index contributed by atoms with van der Waals surface area (Å²) < 4.78 is 0. The largest absolute Gasteiger partial charge is 0.141 e. The van der Waals surface area contributed by atoms with Crippen LogP contribution in [0.25, 0.3) is 0 Å². The summed E-state index contributed by atoms with van der Waals surface area (Å²) in [6, 6.07) is 0. The Kier molecular flexibility index (Phi) is 38.7. The predicted molar refractivity (Wildman–Crippen MR) is 254 cm³/mol. The zero-order valence-electron chi connectivity index (χ0n) is 35.2. The molecule has 0 N–H and O–H groups in total. The molecule has 0 aliphatic heterocycles. The van der Waals surface area contributed by atoms with Crippen molar-refractivity contribution in [2.45, 2.75) is 257 Å². The van der Waals surface area contributed by atoms with E-state index in [-0.39, 0.29) is 0 Å². The van der Waals surface area contributed by atoms with Gasteiger partial charge in [0.2, 0.25) is 0 Å². The van der Waals surface area contributed by atoms with Gasteiger partial charge in [-0.05, 0) is 60.9 Å². The zero-order valence-corrected chi connectivity index (χ0v) is 40.2. The van der Waals surface area contributed by atoms with Crippen LogP contribution in [0, 0.1) is 0 Å². The van der Waals surface area contributed by atoms with Crippen molar-refractivity contribution in [1.29, 1.82) is 0 Å². The van der Waals surface area contributed by atoms with E-state index in [2.05, 4.69) is 93.4 Å². The molecule has 306 valence electrons. The Morgan fingerprint density at radius 2 is 0.423 bits per heavy atom.